The Kier molecular flexibility index (Phi) is 4.55. The summed E-state index contributed by atoms with van der Waals surface area (Å²) < 4.78 is 7.44. The number of aromatic nitrogens is 2. The third kappa shape index (κ3) is 3.21. The average Bonchev–Trinajstić information content (AvgIpc) is 3.00. The lowest BCUT2D eigenvalue weighted by molar-refractivity contribution is 0.172. The summed E-state index contributed by atoms with van der Waals surface area (Å²) in [5.74, 6) is 0.908. The number of aryl methyl sites for hydroxylation is 1. The van der Waals surface area contributed by atoms with Crippen LogP contribution in [0.1, 0.15) is 18.4 Å². The smallest absolute Gasteiger partial charge is 0.117 e. The molecule has 98 valence electrons. The summed E-state index contributed by atoms with van der Waals surface area (Å²) in [6.07, 6.45) is 5.37. The number of rotatable bonds is 7. The normalized spacial score (nSPS) is 11.3. The van der Waals surface area contributed by atoms with E-state index in [0.29, 0.717) is 13.1 Å². The van der Waals surface area contributed by atoms with Crippen molar-refractivity contribution in [2.45, 2.75) is 26.6 Å². The molecule has 0 radical (unpaired) electrons. The van der Waals surface area contributed by atoms with Crippen LogP contribution >= 0.6 is 0 Å². The monoisotopic (exact) mass is 249 g/mol. The predicted octanol–water partition coefficient (Wildman–Crippen LogP) is 1.49. The van der Waals surface area contributed by atoms with E-state index in [0.717, 1.165) is 24.5 Å². The lowest BCUT2D eigenvalue weighted by atomic mass is 10.3. The lowest BCUT2D eigenvalue weighted by Gasteiger charge is -2.20. The van der Waals surface area contributed by atoms with Gasteiger partial charge in [-0.3, -0.25) is 4.90 Å². The minimum absolute atomic E-state index is 0.140. The van der Waals surface area contributed by atoms with Crippen LogP contribution in [0.5, 0.6) is 0 Å². The van der Waals surface area contributed by atoms with Gasteiger partial charge in [0, 0.05) is 25.8 Å². The molecule has 0 unspecified atom stereocenters. The van der Waals surface area contributed by atoms with Crippen molar-refractivity contribution in [1.29, 1.82) is 0 Å². The van der Waals surface area contributed by atoms with Crippen molar-refractivity contribution in [3.63, 3.8) is 0 Å². The first-order valence-electron chi connectivity index (χ1n) is 6.18. The maximum atomic E-state index is 9.13. The zero-order valence-electron chi connectivity index (χ0n) is 10.6. The Hall–Kier alpha value is -1.59. The maximum absolute atomic E-state index is 9.13. The predicted molar refractivity (Wildman–Crippen MR) is 67.8 cm³/mol. The molecule has 2 heterocycles. The molecule has 0 aliphatic carbocycles. The molecule has 2 aromatic rings. The molecule has 18 heavy (non-hydrogen) atoms. The molecular formula is C13H19N3O2. The zero-order chi connectivity index (χ0) is 12.8. The molecule has 0 aromatic carbocycles. The number of imidazole rings is 1. The quantitative estimate of drug-likeness (QED) is 0.807. The second kappa shape index (κ2) is 6.37. The van der Waals surface area contributed by atoms with Gasteiger partial charge >= 0.3 is 0 Å². The van der Waals surface area contributed by atoms with E-state index in [9.17, 15) is 0 Å². The van der Waals surface area contributed by atoms with Gasteiger partial charge in [0.25, 0.3) is 0 Å². The van der Waals surface area contributed by atoms with Gasteiger partial charge in [0.2, 0.25) is 0 Å². The van der Waals surface area contributed by atoms with E-state index in [4.69, 9.17) is 9.52 Å². The highest BCUT2D eigenvalue weighted by molar-refractivity contribution is 5.01. The molecule has 0 saturated heterocycles. The molecule has 5 heteroatoms. The van der Waals surface area contributed by atoms with Gasteiger partial charge < -0.3 is 14.1 Å². The van der Waals surface area contributed by atoms with Crippen LogP contribution in [-0.2, 0) is 19.6 Å². The Balaban J connectivity index is 2.01. The van der Waals surface area contributed by atoms with Crippen molar-refractivity contribution in [3.8, 4) is 0 Å². The Labute approximate surface area is 107 Å². The highest BCUT2D eigenvalue weighted by Gasteiger charge is 2.10. The molecule has 0 saturated carbocycles. The Bertz CT molecular complexity index is 451. The first-order chi connectivity index (χ1) is 8.83. The molecule has 0 aliphatic heterocycles. The van der Waals surface area contributed by atoms with Crippen LogP contribution in [-0.4, -0.2) is 32.7 Å². The number of furan rings is 1. The molecule has 5 nitrogen and oxygen atoms in total. The van der Waals surface area contributed by atoms with Gasteiger partial charge in [0.15, 0.2) is 0 Å². The summed E-state index contributed by atoms with van der Waals surface area (Å²) >= 11 is 0. The van der Waals surface area contributed by atoms with Gasteiger partial charge in [0.05, 0.1) is 31.4 Å². The number of hydrogen-bond acceptors (Lipinski definition) is 4. The maximum Gasteiger partial charge on any atom is 0.117 e. The lowest BCUT2D eigenvalue weighted by Crippen LogP contribution is -2.27. The summed E-state index contributed by atoms with van der Waals surface area (Å²) in [5.41, 5.74) is 1.15. The third-order valence-corrected chi connectivity index (χ3v) is 2.90. The van der Waals surface area contributed by atoms with Crippen LogP contribution in [0.2, 0.25) is 0 Å². The number of aliphatic hydroxyl groups excluding tert-OH is 1. The summed E-state index contributed by atoms with van der Waals surface area (Å²) in [5, 5.41) is 9.13. The van der Waals surface area contributed by atoms with E-state index in [-0.39, 0.29) is 6.61 Å². The number of aliphatic hydroxyl groups is 1. The Morgan fingerprint density at radius 3 is 3.00 bits per heavy atom. The summed E-state index contributed by atoms with van der Waals surface area (Å²) in [7, 11) is 0. The molecule has 0 amide bonds. The van der Waals surface area contributed by atoms with Crippen molar-refractivity contribution >= 4 is 0 Å². The van der Waals surface area contributed by atoms with Crippen molar-refractivity contribution in [2.75, 3.05) is 13.2 Å². The van der Waals surface area contributed by atoms with E-state index >= 15 is 0 Å². The molecule has 0 bridgehead atoms. The zero-order valence-corrected chi connectivity index (χ0v) is 10.6. The van der Waals surface area contributed by atoms with Crippen LogP contribution in [0, 0.1) is 0 Å². The molecule has 2 aromatic heterocycles. The van der Waals surface area contributed by atoms with Gasteiger partial charge in [0.1, 0.15) is 5.76 Å². The molecule has 0 fully saturated rings. The molecular weight excluding hydrogens is 230 g/mol. The first-order valence-corrected chi connectivity index (χ1v) is 6.18. The van der Waals surface area contributed by atoms with Crippen LogP contribution in [0.4, 0.5) is 0 Å². The van der Waals surface area contributed by atoms with Gasteiger partial charge in [-0.25, -0.2) is 4.98 Å². The molecule has 1 N–H and O–H groups in total. The highest BCUT2D eigenvalue weighted by Crippen LogP contribution is 2.10. The van der Waals surface area contributed by atoms with Crippen molar-refractivity contribution in [2.24, 2.45) is 0 Å². The Morgan fingerprint density at radius 1 is 1.44 bits per heavy atom. The van der Waals surface area contributed by atoms with E-state index in [1.54, 1.807) is 6.26 Å². The average molecular weight is 249 g/mol. The van der Waals surface area contributed by atoms with Gasteiger partial charge in [-0.05, 0) is 19.1 Å². The topological polar surface area (TPSA) is 54.4 Å². The van der Waals surface area contributed by atoms with Gasteiger partial charge in [-0.15, -0.1) is 0 Å². The van der Waals surface area contributed by atoms with Crippen molar-refractivity contribution in [3.05, 3.63) is 42.4 Å². The minimum atomic E-state index is 0.140. The third-order valence-electron chi connectivity index (χ3n) is 2.90. The first kappa shape index (κ1) is 12.9. The largest absolute Gasteiger partial charge is 0.468 e. The fourth-order valence-corrected chi connectivity index (χ4v) is 1.97. The van der Waals surface area contributed by atoms with Crippen LogP contribution < -0.4 is 0 Å². The van der Waals surface area contributed by atoms with Crippen molar-refractivity contribution in [1.82, 2.24) is 14.5 Å². The second-order valence-corrected chi connectivity index (χ2v) is 4.18. The summed E-state index contributed by atoms with van der Waals surface area (Å²) in [6, 6.07) is 3.82. The molecule has 0 aliphatic rings. The van der Waals surface area contributed by atoms with Crippen LogP contribution in [0.3, 0.4) is 0 Å². The second-order valence-electron chi connectivity index (χ2n) is 4.18. The molecule has 0 spiro atoms. The van der Waals surface area contributed by atoms with Crippen LogP contribution in [0.15, 0.2) is 35.3 Å². The minimum Gasteiger partial charge on any atom is -0.468 e. The Morgan fingerprint density at radius 2 is 2.33 bits per heavy atom. The van der Waals surface area contributed by atoms with E-state index < -0.39 is 0 Å². The van der Waals surface area contributed by atoms with Gasteiger partial charge in [-0.2, -0.15) is 0 Å². The fourth-order valence-electron chi connectivity index (χ4n) is 1.97. The van der Waals surface area contributed by atoms with Crippen molar-refractivity contribution < 1.29 is 9.52 Å². The van der Waals surface area contributed by atoms with E-state index in [1.165, 1.54) is 0 Å². The van der Waals surface area contributed by atoms with Crippen LogP contribution in [0.25, 0.3) is 0 Å². The number of nitrogens with zero attached hydrogens (tertiary/aromatic N) is 3. The van der Waals surface area contributed by atoms with Gasteiger partial charge in [-0.1, -0.05) is 0 Å². The highest BCUT2D eigenvalue weighted by atomic mass is 16.3. The number of hydrogen-bond donors (Lipinski definition) is 1. The summed E-state index contributed by atoms with van der Waals surface area (Å²) in [4.78, 5) is 6.29. The SMILES string of the molecule is CCn1cncc1CN(CCO)Cc1ccco1. The van der Waals surface area contributed by atoms with E-state index in [1.807, 2.05) is 24.7 Å². The molecule has 2 rings (SSSR count). The summed E-state index contributed by atoms with van der Waals surface area (Å²) in [6.45, 7) is 5.21. The molecule has 0 atom stereocenters. The standard InChI is InChI=1S/C13H19N3O2/c1-2-16-11-14-8-12(16)9-15(5-6-17)10-13-4-3-7-18-13/h3-4,7-8,11,17H,2,5-6,9-10H2,1H3. The fraction of sp³-hybridized carbons (Fsp3) is 0.462. The van der Waals surface area contributed by atoms with E-state index in [2.05, 4.69) is 21.4 Å².